The van der Waals surface area contributed by atoms with Crippen LogP contribution in [0.1, 0.15) is 44.1 Å². The first-order chi connectivity index (χ1) is 10.5. The topological polar surface area (TPSA) is 66.4 Å². The average Bonchev–Trinajstić information content (AvgIpc) is 3.28. The predicted molar refractivity (Wildman–Crippen MR) is 83.6 cm³/mol. The molecule has 1 amide bonds. The summed E-state index contributed by atoms with van der Waals surface area (Å²) in [7, 11) is 0. The van der Waals surface area contributed by atoms with E-state index in [0.29, 0.717) is 30.7 Å². The van der Waals surface area contributed by atoms with Crippen LogP contribution in [-0.4, -0.2) is 17.0 Å². The van der Waals surface area contributed by atoms with Gasteiger partial charge in [0.1, 0.15) is 0 Å². The number of halogens is 1. The third-order valence-corrected chi connectivity index (χ3v) is 5.17. The van der Waals surface area contributed by atoms with E-state index in [1.165, 1.54) is 0 Å². The van der Waals surface area contributed by atoms with Gasteiger partial charge in [0.25, 0.3) is 0 Å². The smallest absolute Gasteiger partial charge is 0.306 e. The molecule has 2 fully saturated rings. The Morgan fingerprint density at radius 3 is 2.32 bits per heavy atom. The molecule has 0 heterocycles. The second-order valence-electron chi connectivity index (χ2n) is 6.47. The molecule has 2 aliphatic carbocycles. The van der Waals surface area contributed by atoms with Crippen molar-refractivity contribution in [1.82, 2.24) is 5.32 Å². The van der Waals surface area contributed by atoms with Gasteiger partial charge >= 0.3 is 5.97 Å². The van der Waals surface area contributed by atoms with Crippen molar-refractivity contribution < 1.29 is 14.7 Å². The number of hydrogen-bond donors (Lipinski definition) is 2. The molecule has 0 saturated heterocycles. The van der Waals surface area contributed by atoms with Crippen LogP contribution in [-0.2, 0) is 15.1 Å². The van der Waals surface area contributed by atoms with E-state index in [0.717, 1.165) is 18.4 Å². The number of hydrogen-bond acceptors (Lipinski definition) is 2. The maximum absolute atomic E-state index is 12.5. The lowest BCUT2D eigenvalue weighted by Gasteiger charge is -2.27. The number of rotatable bonds is 4. The van der Waals surface area contributed by atoms with Crippen LogP contribution in [0.15, 0.2) is 24.3 Å². The van der Waals surface area contributed by atoms with E-state index in [-0.39, 0.29) is 23.3 Å². The molecule has 1 aromatic rings. The zero-order valence-corrected chi connectivity index (χ0v) is 13.1. The fourth-order valence-corrected chi connectivity index (χ4v) is 3.53. The minimum Gasteiger partial charge on any atom is -0.481 e. The average molecular weight is 322 g/mol. The zero-order chi connectivity index (χ0) is 15.7. The number of amides is 1. The van der Waals surface area contributed by atoms with E-state index in [1.54, 1.807) is 0 Å². The van der Waals surface area contributed by atoms with Crippen LogP contribution in [0.5, 0.6) is 0 Å². The lowest BCUT2D eigenvalue weighted by molar-refractivity contribution is -0.144. The van der Waals surface area contributed by atoms with Gasteiger partial charge in [-0.15, -0.1) is 0 Å². The zero-order valence-electron chi connectivity index (χ0n) is 12.3. The van der Waals surface area contributed by atoms with E-state index in [4.69, 9.17) is 16.7 Å². The standard InChI is InChI=1S/C17H20ClNO3/c18-14-3-1-2-13(10-14)17(8-9-17)19-15(20)11-4-6-12(7-5-11)16(21)22/h1-3,10-12H,4-9H2,(H,19,20)(H,21,22). The molecule has 3 rings (SSSR count). The number of carbonyl (C=O) groups is 2. The molecule has 1 aromatic carbocycles. The Morgan fingerprint density at radius 2 is 1.77 bits per heavy atom. The second kappa shape index (κ2) is 5.92. The van der Waals surface area contributed by atoms with E-state index in [2.05, 4.69) is 5.32 Å². The summed E-state index contributed by atoms with van der Waals surface area (Å²) in [6.45, 7) is 0. The summed E-state index contributed by atoms with van der Waals surface area (Å²) in [5, 5.41) is 12.9. The summed E-state index contributed by atoms with van der Waals surface area (Å²) in [5.41, 5.74) is 0.804. The van der Waals surface area contributed by atoms with Crippen molar-refractivity contribution in [3.63, 3.8) is 0 Å². The fraction of sp³-hybridized carbons (Fsp3) is 0.529. The Morgan fingerprint density at radius 1 is 1.14 bits per heavy atom. The van der Waals surface area contributed by atoms with Crippen LogP contribution in [0.4, 0.5) is 0 Å². The monoisotopic (exact) mass is 321 g/mol. The highest BCUT2D eigenvalue weighted by atomic mass is 35.5. The number of carboxylic acid groups (broad SMARTS) is 1. The summed E-state index contributed by atoms with van der Waals surface area (Å²) in [6.07, 6.45) is 4.38. The minimum absolute atomic E-state index is 0.0568. The number of aliphatic carboxylic acids is 1. The van der Waals surface area contributed by atoms with Gasteiger partial charge in [0.2, 0.25) is 5.91 Å². The van der Waals surface area contributed by atoms with E-state index in [1.807, 2.05) is 24.3 Å². The molecule has 0 aliphatic heterocycles. The Kier molecular flexibility index (Phi) is 4.13. The van der Waals surface area contributed by atoms with E-state index >= 15 is 0 Å². The lowest BCUT2D eigenvalue weighted by Crippen LogP contribution is -2.40. The first kappa shape index (κ1) is 15.3. The largest absolute Gasteiger partial charge is 0.481 e. The number of carbonyl (C=O) groups excluding carboxylic acids is 1. The Balaban J connectivity index is 1.62. The summed E-state index contributed by atoms with van der Waals surface area (Å²) in [6, 6.07) is 7.65. The molecule has 118 valence electrons. The van der Waals surface area contributed by atoms with Crippen molar-refractivity contribution in [2.75, 3.05) is 0 Å². The van der Waals surface area contributed by atoms with Gasteiger partial charge in [-0.1, -0.05) is 23.7 Å². The van der Waals surface area contributed by atoms with Crippen LogP contribution in [0.3, 0.4) is 0 Å². The third kappa shape index (κ3) is 3.12. The van der Waals surface area contributed by atoms with Crippen LogP contribution in [0.25, 0.3) is 0 Å². The first-order valence-corrected chi connectivity index (χ1v) is 8.19. The van der Waals surface area contributed by atoms with Crippen molar-refractivity contribution in [2.45, 2.75) is 44.1 Å². The second-order valence-corrected chi connectivity index (χ2v) is 6.90. The molecular formula is C17H20ClNO3. The molecule has 0 aromatic heterocycles. The molecule has 2 aliphatic rings. The maximum Gasteiger partial charge on any atom is 0.306 e. The quantitative estimate of drug-likeness (QED) is 0.893. The van der Waals surface area contributed by atoms with Gasteiger partial charge in [-0.2, -0.15) is 0 Å². The van der Waals surface area contributed by atoms with Gasteiger partial charge in [0.15, 0.2) is 0 Å². The van der Waals surface area contributed by atoms with Gasteiger partial charge < -0.3 is 10.4 Å². The molecule has 0 spiro atoms. The molecule has 4 nitrogen and oxygen atoms in total. The van der Waals surface area contributed by atoms with E-state index < -0.39 is 5.97 Å². The molecule has 0 radical (unpaired) electrons. The number of nitrogens with one attached hydrogen (secondary N) is 1. The van der Waals surface area contributed by atoms with Gasteiger partial charge in [0, 0.05) is 10.9 Å². The molecule has 0 atom stereocenters. The number of benzene rings is 1. The normalized spacial score (nSPS) is 26.2. The van der Waals surface area contributed by atoms with Crippen LogP contribution in [0, 0.1) is 11.8 Å². The van der Waals surface area contributed by atoms with Crippen molar-refractivity contribution in [3.8, 4) is 0 Å². The van der Waals surface area contributed by atoms with E-state index in [9.17, 15) is 9.59 Å². The highest BCUT2D eigenvalue weighted by molar-refractivity contribution is 6.30. The SMILES string of the molecule is O=C(O)C1CCC(C(=O)NC2(c3cccc(Cl)c3)CC2)CC1. The Labute approximate surface area is 134 Å². The highest BCUT2D eigenvalue weighted by Gasteiger charge is 2.46. The fourth-order valence-electron chi connectivity index (χ4n) is 3.34. The summed E-state index contributed by atoms with van der Waals surface area (Å²) in [5.74, 6) is -1.03. The Bertz CT molecular complexity index is 589. The first-order valence-electron chi connectivity index (χ1n) is 7.81. The molecular weight excluding hydrogens is 302 g/mol. The van der Waals surface area contributed by atoms with Crippen molar-refractivity contribution in [3.05, 3.63) is 34.9 Å². The van der Waals surface area contributed by atoms with Crippen molar-refractivity contribution in [1.29, 1.82) is 0 Å². The van der Waals surface area contributed by atoms with Gasteiger partial charge in [-0.3, -0.25) is 9.59 Å². The molecule has 2 saturated carbocycles. The molecule has 22 heavy (non-hydrogen) atoms. The molecule has 0 bridgehead atoms. The minimum atomic E-state index is -0.739. The Hall–Kier alpha value is -1.55. The van der Waals surface area contributed by atoms with Gasteiger partial charge in [-0.05, 0) is 56.2 Å². The van der Waals surface area contributed by atoms with Crippen molar-refractivity contribution >= 4 is 23.5 Å². The predicted octanol–water partition coefficient (Wildman–Crippen LogP) is 3.34. The summed E-state index contributed by atoms with van der Waals surface area (Å²) in [4.78, 5) is 23.5. The maximum atomic E-state index is 12.5. The molecule has 2 N–H and O–H groups in total. The summed E-state index contributed by atoms with van der Waals surface area (Å²) >= 11 is 6.04. The van der Waals surface area contributed by atoms with Gasteiger partial charge in [0.05, 0.1) is 11.5 Å². The molecule has 5 heteroatoms. The summed E-state index contributed by atoms with van der Waals surface area (Å²) < 4.78 is 0. The highest BCUT2D eigenvalue weighted by Crippen LogP contribution is 2.46. The van der Waals surface area contributed by atoms with Crippen LogP contribution < -0.4 is 5.32 Å². The van der Waals surface area contributed by atoms with Crippen molar-refractivity contribution in [2.24, 2.45) is 11.8 Å². The molecule has 0 unspecified atom stereocenters. The van der Waals surface area contributed by atoms with Crippen LogP contribution in [0.2, 0.25) is 5.02 Å². The lowest BCUT2D eigenvalue weighted by atomic mass is 9.81. The number of carboxylic acids is 1. The third-order valence-electron chi connectivity index (χ3n) is 4.94. The van der Waals surface area contributed by atoms with Crippen LogP contribution >= 0.6 is 11.6 Å². The van der Waals surface area contributed by atoms with Gasteiger partial charge in [-0.25, -0.2) is 0 Å².